The molecule has 2 fully saturated rings. The van der Waals surface area contributed by atoms with Crippen molar-refractivity contribution in [2.45, 2.75) is 64.6 Å². The second-order valence-electron chi connectivity index (χ2n) is 10.1. The largest absolute Gasteiger partial charge is 0.504 e. The number of phenols is 1. The van der Waals surface area contributed by atoms with Gasteiger partial charge in [-0.05, 0) is 85.5 Å². The monoisotopic (exact) mass is 435 g/mol. The van der Waals surface area contributed by atoms with Crippen molar-refractivity contribution >= 4 is 5.71 Å². The molecule has 170 valence electrons. The number of aromatic hydroxyl groups is 1. The van der Waals surface area contributed by atoms with Gasteiger partial charge in [-0.25, -0.2) is 0 Å². The summed E-state index contributed by atoms with van der Waals surface area (Å²) in [7, 11) is 1.59. The average molecular weight is 436 g/mol. The first-order chi connectivity index (χ1) is 15.4. The molecule has 0 amide bonds. The van der Waals surface area contributed by atoms with Crippen molar-refractivity contribution in [2.24, 2.45) is 22.4 Å². The number of aliphatic hydroxyl groups excluding tert-OH is 1. The van der Waals surface area contributed by atoms with Crippen LogP contribution < -0.4 is 4.74 Å². The van der Waals surface area contributed by atoms with Gasteiger partial charge in [0.15, 0.2) is 11.5 Å². The van der Waals surface area contributed by atoms with Gasteiger partial charge in [0.1, 0.15) is 6.61 Å². The lowest BCUT2D eigenvalue weighted by Crippen LogP contribution is -2.45. The molecular weight excluding hydrogens is 402 g/mol. The van der Waals surface area contributed by atoms with Gasteiger partial charge in [0.25, 0.3) is 0 Å². The highest BCUT2D eigenvalue weighted by atomic mass is 16.6. The molecule has 5 rings (SSSR count). The normalized spacial score (nSPS) is 32.2. The maximum absolute atomic E-state index is 10.7. The highest BCUT2D eigenvalue weighted by Crippen LogP contribution is 2.61. The molecular formula is C27H33NO4. The third kappa shape index (κ3) is 3.47. The first-order valence-corrected chi connectivity index (χ1v) is 11.7. The molecule has 5 nitrogen and oxygen atoms in total. The number of benzene rings is 2. The summed E-state index contributed by atoms with van der Waals surface area (Å²) in [6.07, 6.45) is 4.59. The Balaban J connectivity index is 1.49. The zero-order valence-corrected chi connectivity index (χ0v) is 19.2. The molecule has 0 heterocycles. The SMILES string of the molecule is COc1cc2c(cc1O)/C(=N/OCc1ccc(C)cc1)C[C@@H]1[C@@H]2CC[C@]2(C)[C@@H](O)CC[C@@H]12. The zero-order chi connectivity index (χ0) is 22.5. The topological polar surface area (TPSA) is 71.3 Å². The number of phenolic OH excluding ortho intramolecular Hbond substituents is 1. The van der Waals surface area contributed by atoms with Gasteiger partial charge in [0, 0.05) is 5.56 Å². The highest BCUT2D eigenvalue weighted by molar-refractivity contribution is 6.03. The van der Waals surface area contributed by atoms with Gasteiger partial charge in [-0.1, -0.05) is 41.9 Å². The summed E-state index contributed by atoms with van der Waals surface area (Å²) in [5.74, 6) is 1.90. The predicted octanol–water partition coefficient (Wildman–Crippen LogP) is 5.30. The molecule has 0 aliphatic heterocycles. The molecule has 2 aromatic carbocycles. The van der Waals surface area contributed by atoms with E-state index in [-0.39, 0.29) is 17.3 Å². The van der Waals surface area contributed by atoms with E-state index in [4.69, 9.17) is 9.57 Å². The summed E-state index contributed by atoms with van der Waals surface area (Å²) in [6.45, 7) is 4.75. The van der Waals surface area contributed by atoms with E-state index in [1.54, 1.807) is 13.2 Å². The van der Waals surface area contributed by atoms with E-state index in [9.17, 15) is 10.2 Å². The second kappa shape index (κ2) is 8.11. The van der Waals surface area contributed by atoms with Crippen LogP contribution in [0.15, 0.2) is 41.6 Å². The Bertz CT molecular complexity index is 1030. The van der Waals surface area contributed by atoms with E-state index in [1.165, 1.54) is 11.1 Å². The molecule has 2 N–H and O–H groups in total. The van der Waals surface area contributed by atoms with Crippen molar-refractivity contribution in [2.75, 3.05) is 7.11 Å². The number of oxime groups is 1. The summed E-state index contributed by atoms with van der Waals surface area (Å²) < 4.78 is 5.44. The van der Waals surface area contributed by atoms with Crippen LogP contribution in [0, 0.1) is 24.2 Å². The van der Waals surface area contributed by atoms with Gasteiger partial charge < -0.3 is 19.8 Å². The minimum Gasteiger partial charge on any atom is -0.504 e. The van der Waals surface area contributed by atoms with Crippen LogP contribution >= 0.6 is 0 Å². The smallest absolute Gasteiger partial charge is 0.160 e. The van der Waals surface area contributed by atoms with Crippen LogP contribution in [0.3, 0.4) is 0 Å². The molecule has 0 saturated heterocycles. The molecule has 0 spiro atoms. The van der Waals surface area contributed by atoms with Gasteiger partial charge in [-0.2, -0.15) is 0 Å². The van der Waals surface area contributed by atoms with E-state index >= 15 is 0 Å². The van der Waals surface area contributed by atoms with Crippen LogP contribution in [0.5, 0.6) is 11.5 Å². The van der Waals surface area contributed by atoms with Crippen molar-refractivity contribution in [3.8, 4) is 11.5 Å². The Labute approximate surface area is 190 Å². The fourth-order valence-electron chi connectivity index (χ4n) is 6.52. The van der Waals surface area contributed by atoms with Crippen molar-refractivity contribution < 1.29 is 19.8 Å². The third-order valence-electron chi connectivity index (χ3n) is 8.40. The number of aryl methyl sites for hydroxylation is 1. The molecule has 0 unspecified atom stereocenters. The van der Waals surface area contributed by atoms with Crippen LogP contribution in [-0.2, 0) is 11.4 Å². The molecule has 3 aliphatic rings. The summed E-state index contributed by atoms with van der Waals surface area (Å²) in [5, 5.41) is 25.8. The molecule has 0 radical (unpaired) electrons. The van der Waals surface area contributed by atoms with Gasteiger partial charge >= 0.3 is 0 Å². The van der Waals surface area contributed by atoms with Crippen LogP contribution in [0.4, 0.5) is 0 Å². The standard InChI is InChI=1S/C27H33NO4/c1-16-4-6-17(7-5-16)15-32-28-23-12-20-18(10-11-27(2)22(20)8-9-26(27)30)19-14-25(31-3)24(29)13-21(19)23/h4-7,13-14,18,20,22,26,29-30H,8-12,15H2,1-3H3/b28-23+/t18-,20-,22+,26+,27+/m1/s1. The first-order valence-electron chi connectivity index (χ1n) is 11.7. The Morgan fingerprint density at radius 1 is 1.12 bits per heavy atom. The van der Waals surface area contributed by atoms with Gasteiger partial charge in [-0.15, -0.1) is 0 Å². The number of ether oxygens (including phenoxy) is 1. The number of nitrogens with zero attached hydrogens (tertiary/aromatic N) is 1. The number of hydrogen-bond acceptors (Lipinski definition) is 5. The van der Waals surface area contributed by atoms with E-state index in [1.807, 2.05) is 6.07 Å². The Hall–Kier alpha value is -2.53. The molecule has 5 atom stereocenters. The molecule has 2 saturated carbocycles. The van der Waals surface area contributed by atoms with E-state index in [0.717, 1.165) is 48.9 Å². The van der Waals surface area contributed by atoms with E-state index < -0.39 is 0 Å². The fraction of sp³-hybridized carbons (Fsp3) is 0.519. The Morgan fingerprint density at radius 3 is 2.66 bits per heavy atom. The lowest BCUT2D eigenvalue weighted by Gasteiger charge is -2.50. The lowest BCUT2D eigenvalue weighted by atomic mass is 9.55. The molecule has 32 heavy (non-hydrogen) atoms. The third-order valence-corrected chi connectivity index (χ3v) is 8.40. The molecule has 5 heteroatoms. The van der Waals surface area contributed by atoms with Crippen molar-refractivity contribution in [1.29, 1.82) is 0 Å². The maximum atomic E-state index is 10.7. The van der Waals surface area contributed by atoms with Gasteiger partial charge in [0.05, 0.1) is 18.9 Å². The molecule has 0 aromatic heterocycles. The average Bonchev–Trinajstić information content (AvgIpc) is 3.09. The minimum atomic E-state index is -0.220. The Kier molecular flexibility index (Phi) is 5.40. The fourth-order valence-corrected chi connectivity index (χ4v) is 6.52. The van der Waals surface area contributed by atoms with E-state index in [2.05, 4.69) is 43.3 Å². The second-order valence-corrected chi connectivity index (χ2v) is 10.1. The van der Waals surface area contributed by atoms with Crippen LogP contribution in [0.1, 0.15) is 67.2 Å². The molecule has 2 aromatic rings. The quantitative estimate of drug-likeness (QED) is 0.639. The van der Waals surface area contributed by atoms with Crippen LogP contribution in [-0.4, -0.2) is 29.1 Å². The highest BCUT2D eigenvalue weighted by Gasteiger charge is 2.55. The number of hydrogen-bond donors (Lipinski definition) is 2. The summed E-state index contributed by atoms with van der Waals surface area (Å²) in [5.41, 5.74) is 5.32. The summed E-state index contributed by atoms with van der Waals surface area (Å²) >= 11 is 0. The minimum absolute atomic E-state index is 0.0203. The predicted molar refractivity (Wildman–Crippen MR) is 124 cm³/mol. The van der Waals surface area contributed by atoms with E-state index in [0.29, 0.717) is 30.1 Å². The van der Waals surface area contributed by atoms with Crippen LogP contribution in [0.2, 0.25) is 0 Å². The first kappa shape index (κ1) is 21.3. The van der Waals surface area contributed by atoms with Gasteiger partial charge in [0.2, 0.25) is 0 Å². The summed E-state index contributed by atoms with van der Waals surface area (Å²) in [4.78, 5) is 5.82. The maximum Gasteiger partial charge on any atom is 0.160 e. The summed E-state index contributed by atoms with van der Waals surface area (Å²) in [6, 6.07) is 12.0. The van der Waals surface area contributed by atoms with Crippen molar-refractivity contribution in [3.63, 3.8) is 0 Å². The lowest BCUT2D eigenvalue weighted by molar-refractivity contribution is -0.0180. The number of rotatable bonds is 4. The Morgan fingerprint density at radius 2 is 1.91 bits per heavy atom. The molecule has 0 bridgehead atoms. The number of fused-ring (bicyclic) bond motifs is 5. The number of methoxy groups -OCH3 is 1. The van der Waals surface area contributed by atoms with Gasteiger partial charge in [-0.3, -0.25) is 0 Å². The zero-order valence-electron chi connectivity index (χ0n) is 19.2. The van der Waals surface area contributed by atoms with Crippen molar-refractivity contribution in [1.82, 2.24) is 0 Å². The molecule has 3 aliphatic carbocycles. The number of aliphatic hydroxyl groups is 1. The van der Waals surface area contributed by atoms with Crippen molar-refractivity contribution in [3.05, 3.63) is 58.7 Å². The van der Waals surface area contributed by atoms with Crippen LogP contribution in [0.25, 0.3) is 0 Å².